The number of rotatable bonds is 2. The Balaban J connectivity index is 2.10. The van der Waals surface area contributed by atoms with Gasteiger partial charge in [0.1, 0.15) is 5.82 Å². The van der Waals surface area contributed by atoms with Gasteiger partial charge in [0.2, 0.25) is 0 Å². The number of halogens is 2. The van der Waals surface area contributed by atoms with Crippen molar-refractivity contribution in [2.45, 2.75) is 50.4 Å². The summed E-state index contributed by atoms with van der Waals surface area (Å²) < 4.78 is 1.05. The highest BCUT2D eigenvalue weighted by Crippen LogP contribution is 2.28. The molecule has 0 radical (unpaired) electrons. The van der Waals surface area contributed by atoms with Gasteiger partial charge >= 0.3 is 0 Å². The van der Waals surface area contributed by atoms with Crippen LogP contribution in [0.1, 0.15) is 37.7 Å². The summed E-state index contributed by atoms with van der Waals surface area (Å²) in [7, 11) is 0. The first-order valence-corrected chi connectivity index (χ1v) is 7.43. The minimum atomic E-state index is 0.215. The fraction of sp³-hybridized carbons (Fsp3) is 0.615. The van der Waals surface area contributed by atoms with Gasteiger partial charge in [-0.1, -0.05) is 19.3 Å². The summed E-state index contributed by atoms with van der Waals surface area (Å²) in [6, 6.07) is 2.34. The summed E-state index contributed by atoms with van der Waals surface area (Å²) >= 11 is 10.0. The van der Waals surface area contributed by atoms with Crippen LogP contribution >= 0.6 is 27.5 Å². The smallest absolute Gasteiger partial charge is 0.140 e. The van der Waals surface area contributed by atoms with Gasteiger partial charge < -0.3 is 5.32 Å². The van der Waals surface area contributed by atoms with Crippen LogP contribution in [0.15, 0.2) is 16.7 Å². The number of aromatic nitrogens is 1. The third-order valence-electron chi connectivity index (χ3n) is 3.34. The topological polar surface area (TPSA) is 24.9 Å². The molecule has 1 aliphatic carbocycles. The maximum Gasteiger partial charge on any atom is 0.140 e. The Kier molecular flexibility index (Phi) is 4.69. The molecule has 0 bridgehead atoms. The molecule has 0 aromatic carbocycles. The van der Waals surface area contributed by atoms with Crippen molar-refractivity contribution in [3.63, 3.8) is 0 Å². The van der Waals surface area contributed by atoms with E-state index in [4.69, 9.17) is 11.6 Å². The van der Waals surface area contributed by atoms with E-state index in [1.807, 2.05) is 12.3 Å². The van der Waals surface area contributed by atoms with Crippen LogP contribution in [0, 0.1) is 6.92 Å². The molecule has 94 valence electrons. The summed E-state index contributed by atoms with van der Waals surface area (Å²) in [5.41, 5.74) is 1.20. The minimum Gasteiger partial charge on any atom is -0.365 e. The molecular weight excluding hydrogens is 300 g/mol. The van der Waals surface area contributed by atoms with Crippen molar-refractivity contribution < 1.29 is 0 Å². The molecule has 1 heterocycles. The summed E-state index contributed by atoms with van der Waals surface area (Å²) in [6.45, 7) is 2.07. The molecular formula is C13H18BrClN2. The number of hydrogen-bond donors (Lipinski definition) is 1. The maximum atomic E-state index is 6.42. The van der Waals surface area contributed by atoms with Crippen molar-refractivity contribution in [3.8, 4) is 0 Å². The van der Waals surface area contributed by atoms with Gasteiger partial charge in [0.05, 0.1) is 9.85 Å². The van der Waals surface area contributed by atoms with Crippen LogP contribution in [-0.2, 0) is 0 Å². The molecule has 1 fully saturated rings. The number of aryl methyl sites for hydroxylation is 1. The molecule has 1 N–H and O–H groups in total. The Morgan fingerprint density at radius 3 is 2.94 bits per heavy atom. The largest absolute Gasteiger partial charge is 0.365 e. The first-order valence-electron chi connectivity index (χ1n) is 6.20. The number of nitrogens with zero attached hydrogens (tertiary/aromatic N) is 1. The van der Waals surface area contributed by atoms with E-state index in [1.165, 1.54) is 24.8 Å². The number of alkyl halides is 1. The van der Waals surface area contributed by atoms with Gasteiger partial charge in [0, 0.05) is 12.2 Å². The first-order chi connectivity index (χ1) is 8.18. The van der Waals surface area contributed by atoms with Crippen LogP contribution in [0.5, 0.6) is 0 Å². The normalized spacial score (nSPS) is 25.4. The Labute approximate surface area is 116 Å². The SMILES string of the molecule is Cc1ccnc(NC2CCCCCC2Cl)c1Br. The average molecular weight is 318 g/mol. The predicted molar refractivity (Wildman–Crippen MR) is 76.8 cm³/mol. The Bertz CT molecular complexity index is 384. The Hall–Kier alpha value is -0.280. The standard InChI is InChI=1S/C13H18BrClN2/c1-9-7-8-16-13(12(9)14)17-11-6-4-2-3-5-10(11)15/h7-8,10-11H,2-6H2,1H3,(H,16,17). The van der Waals surface area contributed by atoms with Crippen LogP contribution in [0.4, 0.5) is 5.82 Å². The Morgan fingerprint density at radius 1 is 1.35 bits per heavy atom. The van der Waals surface area contributed by atoms with Crippen LogP contribution in [0.3, 0.4) is 0 Å². The van der Waals surface area contributed by atoms with Crippen LogP contribution in [-0.4, -0.2) is 16.4 Å². The molecule has 2 unspecified atom stereocenters. The minimum absolute atomic E-state index is 0.215. The zero-order valence-electron chi connectivity index (χ0n) is 10.0. The number of nitrogens with one attached hydrogen (secondary N) is 1. The molecule has 0 aliphatic heterocycles. The molecule has 4 heteroatoms. The fourth-order valence-electron chi connectivity index (χ4n) is 2.24. The van der Waals surface area contributed by atoms with Crippen LogP contribution in [0.2, 0.25) is 0 Å². The van der Waals surface area contributed by atoms with Gasteiger partial charge in [-0.3, -0.25) is 0 Å². The third-order valence-corrected chi connectivity index (χ3v) is 4.86. The predicted octanol–water partition coefficient (Wildman–Crippen LogP) is 4.50. The van der Waals surface area contributed by atoms with Gasteiger partial charge in [0.15, 0.2) is 0 Å². The quantitative estimate of drug-likeness (QED) is 0.641. The van der Waals surface area contributed by atoms with E-state index in [0.717, 1.165) is 23.1 Å². The third kappa shape index (κ3) is 3.35. The lowest BCUT2D eigenvalue weighted by Crippen LogP contribution is -2.29. The monoisotopic (exact) mass is 316 g/mol. The van der Waals surface area contributed by atoms with E-state index >= 15 is 0 Å². The fourth-order valence-corrected chi connectivity index (χ4v) is 2.93. The zero-order valence-corrected chi connectivity index (χ0v) is 12.4. The highest BCUT2D eigenvalue weighted by molar-refractivity contribution is 9.10. The average Bonchev–Trinajstić information content (AvgIpc) is 2.51. The Morgan fingerprint density at radius 2 is 2.12 bits per heavy atom. The van der Waals surface area contributed by atoms with Crippen molar-refractivity contribution in [2.24, 2.45) is 0 Å². The number of anilines is 1. The van der Waals surface area contributed by atoms with Crippen molar-refractivity contribution in [1.29, 1.82) is 0 Å². The molecule has 0 spiro atoms. The van der Waals surface area contributed by atoms with E-state index in [9.17, 15) is 0 Å². The van der Waals surface area contributed by atoms with Gasteiger partial charge in [-0.2, -0.15) is 0 Å². The molecule has 1 aliphatic rings. The molecule has 0 saturated heterocycles. The van der Waals surface area contributed by atoms with Gasteiger partial charge in [-0.05, 0) is 47.3 Å². The summed E-state index contributed by atoms with van der Waals surface area (Å²) in [5, 5.41) is 3.70. The molecule has 1 saturated carbocycles. The molecule has 2 rings (SSSR count). The second kappa shape index (κ2) is 6.05. The van der Waals surface area contributed by atoms with Crippen LogP contribution < -0.4 is 5.32 Å². The molecule has 1 aromatic rings. The number of pyridine rings is 1. The summed E-state index contributed by atoms with van der Waals surface area (Å²) in [5.74, 6) is 0.919. The summed E-state index contributed by atoms with van der Waals surface area (Å²) in [4.78, 5) is 4.38. The summed E-state index contributed by atoms with van der Waals surface area (Å²) in [6.07, 6.45) is 7.87. The van der Waals surface area contributed by atoms with Crippen molar-refractivity contribution in [2.75, 3.05) is 5.32 Å². The van der Waals surface area contributed by atoms with Crippen LogP contribution in [0.25, 0.3) is 0 Å². The van der Waals surface area contributed by atoms with Crippen molar-refractivity contribution in [1.82, 2.24) is 4.98 Å². The number of hydrogen-bond acceptors (Lipinski definition) is 2. The lowest BCUT2D eigenvalue weighted by Gasteiger charge is -2.22. The van der Waals surface area contributed by atoms with E-state index < -0.39 is 0 Å². The lowest BCUT2D eigenvalue weighted by atomic mass is 10.1. The second-order valence-electron chi connectivity index (χ2n) is 4.70. The van der Waals surface area contributed by atoms with E-state index in [0.29, 0.717) is 6.04 Å². The molecule has 2 nitrogen and oxygen atoms in total. The molecule has 17 heavy (non-hydrogen) atoms. The van der Waals surface area contributed by atoms with E-state index in [2.05, 4.69) is 33.2 Å². The van der Waals surface area contributed by atoms with E-state index in [1.54, 1.807) is 0 Å². The zero-order chi connectivity index (χ0) is 12.3. The van der Waals surface area contributed by atoms with Gasteiger partial charge in [-0.25, -0.2) is 4.98 Å². The highest BCUT2D eigenvalue weighted by atomic mass is 79.9. The maximum absolute atomic E-state index is 6.42. The second-order valence-corrected chi connectivity index (χ2v) is 6.05. The van der Waals surface area contributed by atoms with E-state index in [-0.39, 0.29) is 5.38 Å². The van der Waals surface area contributed by atoms with Gasteiger partial charge in [-0.15, -0.1) is 11.6 Å². The molecule has 1 aromatic heterocycles. The first kappa shape index (κ1) is 13.2. The van der Waals surface area contributed by atoms with Gasteiger partial charge in [0.25, 0.3) is 0 Å². The lowest BCUT2D eigenvalue weighted by molar-refractivity contribution is 0.624. The van der Waals surface area contributed by atoms with Crippen molar-refractivity contribution >= 4 is 33.3 Å². The highest BCUT2D eigenvalue weighted by Gasteiger charge is 2.22. The van der Waals surface area contributed by atoms with Crippen molar-refractivity contribution in [3.05, 3.63) is 22.3 Å². The molecule has 2 atom stereocenters. The molecule has 0 amide bonds.